The number of amides is 1. The maximum absolute atomic E-state index is 12.8. The number of fused-ring (bicyclic) bond motifs is 1. The number of likely N-dealkylation sites (N-methyl/N-ethyl adjacent to an activating group) is 1. The van der Waals surface area contributed by atoms with Crippen LogP contribution in [0.3, 0.4) is 0 Å². The predicted molar refractivity (Wildman–Crippen MR) is 96.4 cm³/mol. The van der Waals surface area contributed by atoms with Gasteiger partial charge in [0.25, 0.3) is 0 Å². The second-order valence-electron chi connectivity index (χ2n) is 6.90. The number of hydrogen-bond acceptors (Lipinski definition) is 3. The molecule has 0 aliphatic carbocycles. The SMILES string of the molecule is CC[C@H]1CN(C(=O)Cc2c[nH]c3ccc(OC)cc23)C[C@@H]1N(C)C. The van der Waals surface area contributed by atoms with E-state index >= 15 is 0 Å². The van der Waals surface area contributed by atoms with Gasteiger partial charge < -0.3 is 19.5 Å². The Kier molecular flexibility index (Phi) is 4.81. The van der Waals surface area contributed by atoms with Crippen LogP contribution in [0.1, 0.15) is 18.9 Å². The van der Waals surface area contributed by atoms with Gasteiger partial charge >= 0.3 is 0 Å². The Morgan fingerprint density at radius 3 is 2.79 bits per heavy atom. The standard InChI is InChI=1S/C19H27N3O2/c1-5-13-11-22(12-18(13)21(2)3)19(23)8-14-10-20-17-7-6-15(24-4)9-16(14)17/h6-7,9-10,13,18,20H,5,8,11-12H2,1-4H3/t13-,18-/m0/s1. The minimum atomic E-state index is 0.210. The van der Waals surface area contributed by atoms with E-state index in [-0.39, 0.29) is 5.91 Å². The molecule has 2 aromatic rings. The van der Waals surface area contributed by atoms with Crippen LogP contribution in [0.25, 0.3) is 10.9 Å². The number of H-pyrrole nitrogens is 1. The second-order valence-corrected chi connectivity index (χ2v) is 6.90. The number of nitrogens with one attached hydrogen (secondary N) is 1. The Morgan fingerprint density at radius 2 is 2.17 bits per heavy atom. The smallest absolute Gasteiger partial charge is 0.227 e. The third-order valence-corrected chi connectivity index (χ3v) is 5.26. The zero-order chi connectivity index (χ0) is 17.3. The minimum Gasteiger partial charge on any atom is -0.497 e. The van der Waals surface area contributed by atoms with E-state index in [4.69, 9.17) is 4.74 Å². The summed E-state index contributed by atoms with van der Waals surface area (Å²) in [6, 6.07) is 6.38. The van der Waals surface area contributed by atoms with Gasteiger partial charge in [-0.05, 0) is 43.8 Å². The lowest BCUT2D eigenvalue weighted by Crippen LogP contribution is -2.36. The summed E-state index contributed by atoms with van der Waals surface area (Å²) in [6.45, 7) is 3.90. The molecule has 1 aliphatic rings. The first-order valence-corrected chi connectivity index (χ1v) is 8.61. The summed E-state index contributed by atoms with van der Waals surface area (Å²) in [5.74, 6) is 1.59. The fraction of sp³-hybridized carbons (Fsp3) is 0.526. The van der Waals surface area contributed by atoms with Gasteiger partial charge in [-0.15, -0.1) is 0 Å². The number of carbonyl (C=O) groups is 1. The van der Waals surface area contributed by atoms with Gasteiger partial charge in [0.05, 0.1) is 13.5 Å². The van der Waals surface area contributed by atoms with Gasteiger partial charge in [-0.3, -0.25) is 4.79 Å². The number of benzene rings is 1. The van der Waals surface area contributed by atoms with Crippen LogP contribution in [-0.4, -0.2) is 61.0 Å². The van der Waals surface area contributed by atoms with Crippen LogP contribution < -0.4 is 4.74 Å². The van der Waals surface area contributed by atoms with Crippen molar-refractivity contribution in [2.24, 2.45) is 5.92 Å². The molecule has 130 valence electrons. The van der Waals surface area contributed by atoms with Gasteiger partial charge in [-0.1, -0.05) is 13.3 Å². The Morgan fingerprint density at radius 1 is 1.38 bits per heavy atom. The van der Waals surface area contributed by atoms with E-state index in [1.165, 1.54) is 0 Å². The number of aromatic nitrogens is 1. The highest BCUT2D eigenvalue weighted by atomic mass is 16.5. The zero-order valence-corrected chi connectivity index (χ0v) is 15.0. The third-order valence-electron chi connectivity index (χ3n) is 5.26. The summed E-state index contributed by atoms with van der Waals surface area (Å²) in [5, 5.41) is 1.07. The summed E-state index contributed by atoms with van der Waals surface area (Å²) in [6.07, 6.45) is 3.49. The fourth-order valence-electron chi connectivity index (χ4n) is 3.75. The molecule has 1 aliphatic heterocycles. The topological polar surface area (TPSA) is 48.6 Å². The van der Waals surface area contributed by atoms with Gasteiger partial charge in [0.1, 0.15) is 5.75 Å². The molecule has 0 radical (unpaired) electrons. The van der Waals surface area contributed by atoms with Crippen molar-refractivity contribution < 1.29 is 9.53 Å². The lowest BCUT2D eigenvalue weighted by atomic mass is 10.0. The van der Waals surface area contributed by atoms with Gasteiger partial charge in [0.2, 0.25) is 5.91 Å². The van der Waals surface area contributed by atoms with E-state index in [9.17, 15) is 4.79 Å². The Bertz CT molecular complexity index is 722. The van der Waals surface area contributed by atoms with Crippen molar-refractivity contribution in [2.45, 2.75) is 25.8 Å². The summed E-state index contributed by atoms with van der Waals surface area (Å²) in [7, 11) is 5.87. The molecule has 1 amide bonds. The average Bonchev–Trinajstić information content (AvgIpc) is 3.18. The van der Waals surface area contributed by atoms with Crippen LogP contribution in [-0.2, 0) is 11.2 Å². The number of nitrogens with zero attached hydrogens (tertiary/aromatic N) is 2. The summed E-state index contributed by atoms with van der Waals surface area (Å²) < 4.78 is 5.31. The minimum absolute atomic E-state index is 0.210. The maximum atomic E-state index is 12.8. The maximum Gasteiger partial charge on any atom is 0.227 e. The van der Waals surface area contributed by atoms with Crippen molar-refractivity contribution in [2.75, 3.05) is 34.3 Å². The van der Waals surface area contributed by atoms with Crippen LogP contribution in [0.2, 0.25) is 0 Å². The van der Waals surface area contributed by atoms with Crippen molar-refractivity contribution >= 4 is 16.8 Å². The van der Waals surface area contributed by atoms with Crippen molar-refractivity contribution in [3.63, 3.8) is 0 Å². The predicted octanol–water partition coefficient (Wildman–Crippen LogP) is 2.52. The van der Waals surface area contributed by atoms with E-state index in [1.54, 1.807) is 7.11 Å². The molecule has 1 aromatic carbocycles. The van der Waals surface area contributed by atoms with Gasteiger partial charge in [-0.25, -0.2) is 0 Å². The molecular weight excluding hydrogens is 302 g/mol. The first-order chi connectivity index (χ1) is 11.5. The molecule has 1 fully saturated rings. The van der Waals surface area contributed by atoms with Crippen LogP contribution in [0, 0.1) is 5.92 Å². The highest BCUT2D eigenvalue weighted by molar-refractivity contribution is 5.89. The Labute approximate surface area is 143 Å². The summed E-state index contributed by atoms with van der Waals surface area (Å²) in [5.41, 5.74) is 2.08. The summed E-state index contributed by atoms with van der Waals surface area (Å²) in [4.78, 5) is 20.3. The molecule has 24 heavy (non-hydrogen) atoms. The molecule has 2 heterocycles. The number of likely N-dealkylation sites (tertiary alicyclic amines) is 1. The molecule has 0 spiro atoms. The lowest BCUT2D eigenvalue weighted by molar-refractivity contribution is -0.129. The number of carbonyl (C=O) groups excluding carboxylic acids is 1. The molecule has 2 atom stereocenters. The number of ether oxygens (including phenoxy) is 1. The Hall–Kier alpha value is -2.01. The van der Waals surface area contributed by atoms with E-state index < -0.39 is 0 Å². The van der Waals surface area contributed by atoms with E-state index in [0.29, 0.717) is 18.4 Å². The number of aromatic amines is 1. The first kappa shape index (κ1) is 16.8. The van der Waals surface area contributed by atoms with Gasteiger partial charge in [-0.2, -0.15) is 0 Å². The molecule has 0 saturated carbocycles. The number of hydrogen-bond donors (Lipinski definition) is 1. The van der Waals surface area contributed by atoms with Crippen molar-refractivity contribution in [1.29, 1.82) is 0 Å². The highest BCUT2D eigenvalue weighted by Crippen LogP contribution is 2.27. The van der Waals surface area contributed by atoms with Crippen molar-refractivity contribution in [1.82, 2.24) is 14.8 Å². The quantitative estimate of drug-likeness (QED) is 0.917. The number of methoxy groups -OCH3 is 1. The molecule has 5 nitrogen and oxygen atoms in total. The van der Waals surface area contributed by atoms with Crippen LogP contribution in [0.15, 0.2) is 24.4 Å². The molecule has 1 saturated heterocycles. The van der Waals surface area contributed by atoms with Crippen molar-refractivity contribution in [3.05, 3.63) is 30.0 Å². The second kappa shape index (κ2) is 6.85. The normalized spacial score (nSPS) is 21.0. The fourth-order valence-corrected chi connectivity index (χ4v) is 3.75. The zero-order valence-electron chi connectivity index (χ0n) is 15.0. The van der Waals surface area contributed by atoms with Gasteiger partial charge in [0, 0.05) is 36.2 Å². The van der Waals surface area contributed by atoms with Crippen LogP contribution in [0.4, 0.5) is 0 Å². The van der Waals surface area contributed by atoms with Crippen molar-refractivity contribution in [3.8, 4) is 5.75 Å². The molecule has 1 aromatic heterocycles. The molecule has 5 heteroatoms. The number of rotatable bonds is 5. The van der Waals surface area contributed by atoms with E-state index in [1.807, 2.05) is 29.3 Å². The molecule has 0 bridgehead atoms. The van der Waals surface area contributed by atoms with E-state index in [2.05, 4.69) is 30.9 Å². The lowest BCUT2D eigenvalue weighted by Gasteiger charge is -2.23. The van der Waals surface area contributed by atoms with Gasteiger partial charge in [0.15, 0.2) is 0 Å². The summed E-state index contributed by atoms with van der Waals surface area (Å²) >= 11 is 0. The molecular formula is C19H27N3O2. The van der Waals surface area contributed by atoms with E-state index in [0.717, 1.165) is 41.7 Å². The monoisotopic (exact) mass is 329 g/mol. The Balaban J connectivity index is 1.76. The van der Waals surface area contributed by atoms with Crippen LogP contribution in [0.5, 0.6) is 5.75 Å². The third kappa shape index (κ3) is 3.13. The highest BCUT2D eigenvalue weighted by Gasteiger charge is 2.35. The molecule has 3 rings (SSSR count). The largest absolute Gasteiger partial charge is 0.497 e. The average molecular weight is 329 g/mol. The molecule has 1 N–H and O–H groups in total. The first-order valence-electron chi connectivity index (χ1n) is 8.61. The molecule has 0 unspecified atom stereocenters. The van der Waals surface area contributed by atoms with Crippen LogP contribution >= 0.6 is 0 Å².